The number of hydrogen-bond donors (Lipinski definition) is 1. The van der Waals surface area contributed by atoms with Gasteiger partial charge >= 0.3 is 6.09 Å². The number of hydrogen-bond acceptors (Lipinski definition) is 3. The van der Waals surface area contributed by atoms with E-state index < -0.39 is 11.2 Å². The maximum atomic E-state index is 12.9. The van der Waals surface area contributed by atoms with Gasteiger partial charge in [0.1, 0.15) is 11.2 Å². The molecule has 1 heterocycles. The molecule has 2 aliphatic rings. The first-order valence-electron chi connectivity index (χ1n) is 9.13. The molecule has 1 aliphatic carbocycles. The molecule has 1 aliphatic heterocycles. The first-order chi connectivity index (χ1) is 11.6. The SMILES string of the molecule is CC(C)(C)OC(=O)N1CC(O)(c2ccc(Br)cc2)CC12CCCCC2. The number of β-amino-alcohol motifs (C(OH)–C–C–N with tert-alkyl or cyclic N) is 1. The number of likely N-dealkylation sites (tertiary alicyclic amines) is 1. The quantitative estimate of drug-likeness (QED) is 0.711. The molecule has 138 valence electrons. The Morgan fingerprint density at radius 2 is 1.76 bits per heavy atom. The molecule has 1 atom stereocenters. The van der Waals surface area contributed by atoms with E-state index in [2.05, 4.69) is 15.9 Å². The number of ether oxygens (including phenoxy) is 1. The topological polar surface area (TPSA) is 49.8 Å². The van der Waals surface area contributed by atoms with Crippen LogP contribution in [0.25, 0.3) is 0 Å². The molecule has 1 spiro atoms. The second-order valence-corrected chi connectivity index (χ2v) is 9.48. The number of rotatable bonds is 1. The first kappa shape index (κ1) is 18.7. The Bertz CT molecular complexity index is 631. The van der Waals surface area contributed by atoms with Gasteiger partial charge in [0.05, 0.1) is 6.54 Å². The molecule has 1 saturated heterocycles. The summed E-state index contributed by atoms with van der Waals surface area (Å²) in [4.78, 5) is 14.7. The van der Waals surface area contributed by atoms with Crippen molar-refractivity contribution < 1.29 is 14.6 Å². The van der Waals surface area contributed by atoms with E-state index in [0.717, 1.165) is 35.7 Å². The summed E-state index contributed by atoms with van der Waals surface area (Å²) in [7, 11) is 0. The van der Waals surface area contributed by atoms with E-state index in [1.165, 1.54) is 6.42 Å². The third-order valence-electron chi connectivity index (χ3n) is 5.39. The van der Waals surface area contributed by atoms with Gasteiger partial charge < -0.3 is 9.84 Å². The van der Waals surface area contributed by atoms with Crippen LogP contribution < -0.4 is 0 Å². The summed E-state index contributed by atoms with van der Waals surface area (Å²) in [6.07, 6.45) is 5.53. The molecule has 1 saturated carbocycles. The Kier molecular flexibility index (Phi) is 4.93. The number of carbonyl (C=O) groups excluding carboxylic acids is 1. The molecule has 0 radical (unpaired) electrons. The van der Waals surface area contributed by atoms with Gasteiger partial charge in [-0.15, -0.1) is 0 Å². The van der Waals surface area contributed by atoms with Crippen molar-refractivity contribution in [3.05, 3.63) is 34.3 Å². The van der Waals surface area contributed by atoms with Gasteiger partial charge in [0.2, 0.25) is 0 Å². The molecule has 3 rings (SSSR count). The van der Waals surface area contributed by atoms with Crippen LogP contribution in [0.2, 0.25) is 0 Å². The first-order valence-corrected chi connectivity index (χ1v) is 9.92. The summed E-state index contributed by atoms with van der Waals surface area (Å²) < 4.78 is 6.65. The van der Waals surface area contributed by atoms with E-state index in [0.29, 0.717) is 13.0 Å². The molecule has 1 N–H and O–H groups in total. The molecule has 25 heavy (non-hydrogen) atoms. The highest BCUT2D eigenvalue weighted by atomic mass is 79.9. The normalized spacial score (nSPS) is 26.0. The molecule has 1 aromatic carbocycles. The highest BCUT2D eigenvalue weighted by Gasteiger charge is 2.56. The van der Waals surface area contributed by atoms with Crippen LogP contribution >= 0.6 is 15.9 Å². The molecule has 1 unspecified atom stereocenters. The summed E-state index contributed by atoms with van der Waals surface area (Å²) in [5.74, 6) is 0. The van der Waals surface area contributed by atoms with Crippen LogP contribution in [0.15, 0.2) is 28.7 Å². The van der Waals surface area contributed by atoms with Crippen molar-refractivity contribution in [1.82, 2.24) is 4.90 Å². The van der Waals surface area contributed by atoms with E-state index in [4.69, 9.17) is 4.74 Å². The van der Waals surface area contributed by atoms with Crippen molar-refractivity contribution in [3.63, 3.8) is 0 Å². The molecule has 2 fully saturated rings. The Morgan fingerprint density at radius 1 is 1.16 bits per heavy atom. The molecule has 0 bridgehead atoms. The summed E-state index contributed by atoms with van der Waals surface area (Å²) in [5.41, 5.74) is -0.977. The summed E-state index contributed by atoms with van der Waals surface area (Å²) in [6.45, 7) is 5.95. The van der Waals surface area contributed by atoms with Crippen LogP contribution in [-0.4, -0.2) is 33.8 Å². The zero-order valence-electron chi connectivity index (χ0n) is 15.3. The van der Waals surface area contributed by atoms with Crippen LogP contribution in [0.4, 0.5) is 4.79 Å². The second-order valence-electron chi connectivity index (χ2n) is 8.57. The Labute approximate surface area is 158 Å². The minimum Gasteiger partial charge on any atom is -0.444 e. The number of carbonyl (C=O) groups is 1. The molecule has 0 aromatic heterocycles. The van der Waals surface area contributed by atoms with Gasteiger partial charge in [-0.1, -0.05) is 47.3 Å². The number of amides is 1. The lowest BCUT2D eigenvalue weighted by molar-refractivity contribution is -0.00171. The molecule has 4 nitrogen and oxygen atoms in total. The number of aliphatic hydroxyl groups is 1. The van der Waals surface area contributed by atoms with E-state index >= 15 is 0 Å². The summed E-state index contributed by atoms with van der Waals surface area (Å²) >= 11 is 3.44. The van der Waals surface area contributed by atoms with Gasteiger partial charge in [-0.05, 0) is 51.3 Å². The van der Waals surface area contributed by atoms with Crippen molar-refractivity contribution in [1.29, 1.82) is 0 Å². The van der Waals surface area contributed by atoms with Crippen LogP contribution in [0.5, 0.6) is 0 Å². The fourth-order valence-electron chi connectivity index (χ4n) is 4.31. The third-order valence-corrected chi connectivity index (χ3v) is 5.92. The van der Waals surface area contributed by atoms with Gasteiger partial charge in [0.25, 0.3) is 0 Å². The van der Waals surface area contributed by atoms with E-state index in [1.807, 2.05) is 49.9 Å². The van der Waals surface area contributed by atoms with Gasteiger partial charge in [0, 0.05) is 16.4 Å². The number of benzene rings is 1. The van der Waals surface area contributed by atoms with Gasteiger partial charge in [-0.25, -0.2) is 4.79 Å². The minimum absolute atomic E-state index is 0.289. The van der Waals surface area contributed by atoms with E-state index in [1.54, 1.807) is 0 Å². The lowest BCUT2D eigenvalue weighted by Crippen LogP contribution is -2.50. The number of halogens is 1. The van der Waals surface area contributed by atoms with Gasteiger partial charge in [0.15, 0.2) is 0 Å². The summed E-state index contributed by atoms with van der Waals surface area (Å²) in [5, 5.41) is 11.4. The maximum absolute atomic E-state index is 12.9. The second kappa shape index (κ2) is 6.58. The van der Waals surface area contributed by atoms with Crippen LogP contribution in [0.1, 0.15) is 64.9 Å². The van der Waals surface area contributed by atoms with Crippen molar-refractivity contribution in [2.24, 2.45) is 0 Å². The third kappa shape index (κ3) is 3.87. The average Bonchev–Trinajstić information content (AvgIpc) is 2.80. The highest BCUT2D eigenvalue weighted by molar-refractivity contribution is 9.10. The molecule has 1 aromatic rings. The lowest BCUT2D eigenvalue weighted by atomic mass is 9.76. The van der Waals surface area contributed by atoms with Crippen LogP contribution in [0.3, 0.4) is 0 Å². The van der Waals surface area contributed by atoms with Gasteiger partial charge in [-0.2, -0.15) is 0 Å². The predicted octanol–water partition coefficient (Wildman–Crippen LogP) is 4.98. The van der Waals surface area contributed by atoms with Crippen LogP contribution in [0, 0.1) is 0 Å². The molecule has 1 amide bonds. The Balaban J connectivity index is 1.92. The van der Waals surface area contributed by atoms with E-state index in [9.17, 15) is 9.90 Å². The largest absolute Gasteiger partial charge is 0.444 e. The number of nitrogens with zero attached hydrogens (tertiary/aromatic N) is 1. The maximum Gasteiger partial charge on any atom is 0.410 e. The Morgan fingerprint density at radius 3 is 2.32 bits per heavy atom. The fourth-order valence-corrected chi connectivity index (χ4v) is 4.57. The minimum atomic E-state index is -1.02. The van der Waals surface area contributed by atoms with Crippen LogP contribution in [-0.2, 0) is 10.3 Å². The van der Waals surface area contributed by atoms with Crippen molar-refractivity contribution in [3.8, 4) is 0 Å². The van der Waals surface area contributed by atoms with Crippen molar-refractivity contribution in [2.75, 3.05) is 6.54 Å². The smallest absolute Gasteiger partial charge is 0.410 e. The zero-order chi connectivity index (χ0) is 18.3. The van der Waals surface area contributed by atoms with E-state index in [-0.39, 0.29) is 11.6 Å². The Hall–Kier alpha value is -1.07. The fraction of sp³-hybridized carbons (Fsp3) is 0.650. The summed E-state index contributed by atoms with van der Waals surface area (Å²) in [6, 6.07) is 7.77. The van der Waals surface area contributed by atoms with Gasteiger partial charge in [-0.3, -0.25) is 4.90 Å². The predicted molar refractivity (Wildman–Crippen MR) is 101 cm³/mol. The zero-order valence-corrected chi connectivity index (χ0v) is 16.9. The molecular formula is C20H28BrNO3. The lowest BCUT2D eigenvalue weighted by Gasteiger charge is -2.41. The molecular weight excluding hydrogens is 382 g/mol. The highest BCUT2D eigenvalue weighted by Crippen LogP contribution is 2.49. The molecule has 5 heteroatoms. The standard InChI is InChI=1S/C20H28BrNO3/c1-18(2,3)25-17(23)22-14-20(24,15-7-9-16(21)10-8-15)13-19(22)11-5-4-6-12-19/h7-10,24H,4-6,11-14H2,1-3H3. The average molecular weight is 410 g/mol. The van der Waals surface area contributed by atoms with Crippen molar-refractivity contribution in [2.45, 2.75) is 76.0 Å². The monoisotopic (exact) mass is 409 g/mol. The van der Waals surface area contributed by atoms with Crippen molar-refractivity contribution >= 4 is 22.0 Å².